The zero-order valence-corrected chi connectivity index (χ0v) is 9.16. The Balaban J connectivity index is 2.89. The third-order valence-electron chi connectivity index (χ3n) is 2.64. The first-order valence-electron chi connectivity index (χ1n) is 5.23. The predicted molar refractivity (Wildman–Crippen MR) is 59.5 cm³/mol. The summed E-state index contributed by atoms with van der Waals surface area (Å²) < 4.78 is 0. The van der Waals surface area contributed by atoms with Gasteiger partial charge >= 0.3 is 0 Å². The minimum absolute atomic E-state index is 0.0425. The van der Waals surface area contributed by atoms with Crippen LogP contribution in [0.3, 0.4) is 0 Å². The van der Waals surface area contributed by atoms with Crippen LogP contribution in [-0.2, 0) is 11.2 Å². The fourth-order valence-corrected chi connectivity index (χ4v) is 1.60. The molecule has 0 spiro atoms. The minimum atomic E-state index is 0.0425. The zero-order valence-electron chi connectivity index (χ0n) is 9.16. The van der Waals surface area contributed by atoms with E-state index in [1.165, 1.54) is 5.56 Å². The van der Waals surface area contributed by atoms with Gasteiger partial charge in [0.05, 0.1) is 0 Å². The summed E-state index contributed by atoms with van der Waals surface area (Å²) in [5, 5.41) is 0. The van der Waals surface area contributed by atoms with Crippen molar-refractivity contribution in [3.63, 3.8) is 0 Å². The second-order valence-corrected chi connectivity index (χ2v) is 4.00. The molecule has 0 fully saturated rings. The highest BCUT2D eigenvalue weighted by Crippen LogP contribution is 2.22. The van der Waals surface area contributed by atoms with Gasteiger partial charge in [0.2, 0.25) is 0 Å². The van der Waals surface area contributed by atoms with Crippen molar-refractivity contribution >= 4 is 6.29 Å². The Kier molecular flexibility index (Phi) is 3.87. The fourth-order valence-electron chi connectivity index (χ4n) is 1.60. The monoisotopic (exact) mass is 190 g/mol. The average Bonchev–Trinajstić information content (AvgIpc) is 2.19. The summed E-state index contributed by atoms with van der Waals surface area (Å²) in [6, 6.07) is 8.35. The van der Waals surface area contributed by atoms with Crippen LogP contribution in [0.5, 0.6) is 0 Å². The first-order chi connectivity index (χ1) is 6.69. The maximum Gasteiger partial charge on any atom is 0.127 e. The van der Waals surface area contributed by atoms with Gasteiger partial charge in [-0.3, -0.25) is 0 Å². The molecule has 76 valence electrons. The molecule has 0 amide bonds. The van der Waals surface area contributed by atoms with Crippen LogP contribution in [0.25, 0.3) is 0 Å². The van der Waals surface area contributed by atoms with Crippen molar-refractivity contribution in [3.8, 4) is 0 Å². The lowest BCUT2D eigenvalue weighted by atomic mass is 9.89. The molecule has 1 rings (SSSR count). The van der Waals surface area contributed by atoms with Crippen molar-refractivity contribution < 1.29 is 4.79 Å². The van der Waals surface area contributed by atoms with E-state index in [-0.39, 0.29) is 5.92 Å². The van der Waals surface area contributed by atoms with Gasteiger partial charge in [-0.25, -0.2) is 0 Å². The van der Waals surface area contributed by atoms with Gasteiger partial charge < -0.3 is 4.79 Å². The Morgan fingerprint density at radius 2 is 1.79 bits per heavy atom. The van der Waals surface area contributed by atoms with Gasteiger partial charge in [0.25, 0.3) is 0 Å². The molecule has 1 aromatic rings. The quantitative estimate of drug-likeness (QED) is 0.666. The number of hydrogen-bond donors (Lipinski definition) is 0. The zero-order chi connectivity index (χ0) is 10.6. The number of carbonyl (C=O) groups excluding carboxylic acids is 1. The highest BCUT2D eigenvalue weighted by atomic mass is 16.1. The Morgan fingerprint density at radius 1 is 1.21 bits per heavy atom. The van der Waals surface area contributed by atoms with Gasteiger partial charge in [-0.15, -0.1) is 0 Å². The van der Waals surface area contributed by atoms with Crippen molar-refractivity contribution in [2.24, 2.45) is 5.92 Å². The molecule has 14 heavy (non-hydrogen) atoms. The topological polar surface area (TPSA) is 17.1 Å². The summed E-state index contributed by atoms with van der Waals surface area (Å²) in [7, 11) is 0. The molecule has 1 atom stereocenters. The van der Waals surface area contributed by atoms with Crippen LogP contribution < -0.4 is 0 Å². The third kappa shape index (κ3) is 2.44. The van der Waals surface area contributed by atoms with Gasteiger partial charge in [0.1, 0.15) is 6.29 Å². The van der Waals surface area contributed by atoms with E-state index in [2.05, 4.69) is 45.0 Å². The molecule has 0 aromatic heterocycles. The maximum absolute atomic E-state index is 10.9. The van der Waals surface area contributed by atoms with Gasteiger partial charge in [-0.05, 0) is 23.5 Å². The first-order valence-corrected chi connectivity index (χ1v) is 5.23. The van der Waals surface area contributed by atoms with E-state index in [1.807, 2.05) is 0 Å². The van der Waals surface area contributed by atoms with Gasteiger partial charge in [-0.2, -0.15) is 0 Å². The van der Waals surface area contributed by atoms with Crippen LogP contribution in [-0.4, -0.2) is 6.29 Å². The van der Waals surface area contributed by atoms with Crippen LogP contribution in [0.15, 0.2) is 24.3 Å². The molecule has 0 radical (unpaired) electrons. The largest absolute Gasteiger partial charge is 0.303 e. The van der Waals surface area contributed by atoms with E-state index in [1.54, 1.807) is 0 Å². The van der Waals surface area contributed by atoms with E-state index in [4.69, 9.17) is 0 Å². The number of benzene rings is 1. The molecular formula is C13H18O. The highest BCUT2D eigenvalue weighted by molar-refractivity contribution is 5.62. The van der Waals surface area contributed by atoms with Crippen molar-refractivity contribution in [1.29, 1.82) is 0 Å². The third-order valence-corrected chi connectivity index (χ3v) is 2.64. The van der Waals surface area contributed by atoms with Crippen LogP contribution in [0.2, 0.25) is 0 Å². The van der Waals surface area contributed by atoms with E-state index < -0.39 is 0 Å². The SMILES string of the molecule is CCc1ccc(C(C=O)C(C)C)cc1. The number of aldehydes is 1. The minimum Gasteiger partial charge on any atom is -0.303 e. The molecule has 0 aliphatic heterocycles. The van der Waals surface area contributed by atoms with Crippen molar-refractivity contribution in [1.82, 2.24) is 0 Å². The Bertz CT molecular complexity index is 285. The normalized spacial score (nSPS) is 12.9. The van der Waals surface area contributed by atoms with E-state index in [0.29, 0.717) is 5.92 Å². The van der Waals surface area contributed by atoms with E-state index in [9.17, 15) is 4.79 Å². The average molecular weight is 190 g/mol. The molecule has 1 heteroatoms. The van der Waals surface area contributed by atoms with E-state index in [0.717, 1.165) is 18.3 Å². The van der Waals surface area contributed by atoms with Crippen molar-refractivity contribution in [3.05, 3.63) is 35.4 Å². The maximum atomic E-state index is 10.9. The second kappa shape index (κ2) is 4.94. The summed E-state index contributed by atoms with van der Waals surface area (Å²) in [6.45, 7) is 6.29. The molecule has 0 N–H and O–H groups in total. The summed E-state index contributed by atoms with van der Waals surface area (Å²) in [5.41, 5.74) is 2.45. The second-order valence-electron chi connectivity index (χ2n) is 4.00. The summed E-state index contributed by atoms with van der Waals surface area (Å²) in [6.07, 6.45) is 2.10. The number of rotatable bonds is 4. The molecule has 1 unspecified atom stereocenters. The molecule has 1 aromatic carbocycles. The molecule has 0 heterocycles. The van der Waals surface area contributed by atoms with Gasteiger partial charge in [0, 0.05) is 5.92 Å². The van der Waals surface area contributed by atoms with Crippen LogP contribution in [0.1, 0.15) is 37.8 Å². The molecule has 0 saturated heterocycles. The standard InChI is InChI=1S/C13H18O/c1-4-11-5-7-12(8-6-11)13(9-14)10(2)3/h5-10,13H,4H2,1-3H3. The Morgan fingerprint density at radius 3 is 2.14 bits per heavy atom. The van der Waals surface area contributed by atoms with Crippen LogP contribution >= 0.6 is 0 Å². The summed E-state index contributed by atoms with van der Waals surface area (Å²) in [5.74, 6) is 0.417. The first kappa shape index (κ1) is 11.0. The number of carbonyl (C=O) groups is 1. The highest BCUT2D eigenvalue weighted by Gasteiger charge is 2.13. The lowest BCUT2D eigenvalue weighted by Gasteiger charge is -2.14. The lowest BCUT2D eigenvalue weighted by Crippen LogP contribution is -2.07. The lowest BCUT2D eigenvalue weighted by molar-refractivity contribution is -0.109. The number of aryl methyl sites for hydroxylation is 1. The Hall–Kier alpha value is -1.11. The van der Waals surface area contributed by atoms with E-state index >= 15 is 0 Å². The van der Waals surface area contributed by atoms with Gasteiger partial charge in [0.15, 0.2) is 0 Å². The van der Waals surface area contributed by atoms with Crippen LogP contribution in [0.4, 0.5) is 0 Å². The van der Waals surface area contributed by atoms with Crippen LogP contribution in [0, 0.1) is 5.92 Å². The molecule has 0 saturated carbocycles. The molecule has 0 bridgehead atoms. The van der Waals surface area contributed by atoms with Crippen molar-refractivity contribution in [2.75, 3.05) is 0 Å². The number of hydrogen-bond acceptors (Lipinski definition) is 1. The smallest absolute Gasteiger partial charge is 0.127 e. The summed E-state index contributed by atoms with van der Waals surface area (Å²) >= 11 is 0. The Labute approximate surface area is 86.1 Å². The van der Waals surface area contributed by atoms with Crippen molar-refractivity contribution in [2.45, 2.75) is 33.1 Å². The molecular weight excluding hydrogens is 172 g/mol. The molecule has 0 aliphatic carbocycles. The van der Waals surface area contributed by atoms with Gasteiger partial charge in [-0.1, -0.05) is 45.0 Å². The summed E-state index contributed by atoms with van der Waals surface area (Å²) in [4.78, 5) is 10.9. The predicted octanol–water partition coefficient (Wildman–Crippen LogP) is 3.19. The fraction of sp³-hybridized carbons (Fsp3) is 0.462. The molecule has 1 nitrogen and oxygen atoms in total. The molecule has 0 aliphatic rings.